The zero-order chi connectivity index (χ0) is 25.2. The number of ether oxygens (including phenoxy) is 2. The van der Waals surface area contributed by atoms with E-state index in [0.29, 0.717) is 46.4 Å². The van der Waals surface area contributed by atoms with E-state index in [-0.39, 0.29) is 11.7 Å². The van der Waals surface area contributed by atoms with E-state index in [9.17, 15) is 0 Å². The zero-order valence-electron chi connectivity index (χ0n) is 21.9. The number of fused-ring (bicyclic) bond motifs is 1. The van der Waals surface area contributed by atoms with E-state index in [2.05, 4.69) is 34.0 Å². The first kappa shape index (κ1) is 25.0. The van der Waals surface area contributed by atoms with Gasteiger partial charge in [-0.1, -0.05) is 19.9 Å². The van der Waals surface area contributed by atoms with Gasteiger partial charge in [-0.05, 0) is 93.4 Å². The largest absolute Gasteiger partial charge is 0.493 e. The SMILES string of the molecule is COc1ccc(-c2nc3c(F)c(C4CCN(C5CCNCC5)[C@H](CC(C)C)C4)ccc3[nH]2)cc1OC. The van der Waals surface area contributed by atoms with E-state index in [1.807, 2.05) is 30.3 Å². The normalized spacial score (nSPS) is 21.8. The third kappa shape index (κ3) is 4.96. The van der Waals surface area contributed by atoms with Crippen LogP contribution in [-0.2, 0) is 0 Å². The first-order valence-electron chi connectivity index (χ1n) is 13.4. The van der Waals surface area contributed by atoms with Gasteiger partial charge >= 0.3 is 0 Å². The molecule has 2 aromatic carbocycles. The summed E-state index contributed by atoms with van der Waals surface area (Å²) in [5.41, 5.74) is 2.77. The van der Waals surface area contributed by atoms with Gasteiger partial charge < -0.3 is 19.8 Å². The molecule has 0 bridgehead atoms. The fraction of sp³-hybridized carbons (Fsp3) is 0.552. The predicted octanol–water partition coefficient (Wildman–Crippen LogP) is 5.73. The van der Waals surface area contributed by atoms with Crippen molar-refractivity contribution in [1.29, 1.82) is 0 Å². The maximum atomic E-state index is 15.9. The van der Waals surface area contributed by atoms with E-state index in [1.54, 1.807) is 14.2 Å². The highest BCUT2D eigenvalue weighted by molar-refractivity contribution is 5.81. The molecule has 6 nitrogen and oxygen atoms in total. The predicted molar refractivity (Wildman–Crippen MR) is 142 cm³/mol. The zero-order valence-corrected chi connectivity index (χ0v) is 21.9. The second-order valence-electron chi connectivity index (χ2n) is 10.7. The first-order valence-corrected chi connectivity index (χ1v) is 13.4. The van der Waals surface area contributed by atoms with Crippen LogP contribution in [0.5, 0.6) is 11.5 Å². The molecule has 3 aromatic rings. The van der Waals surface area contributed by atoms with Crippen LogP contribution < -0.4 is 14.8 Å². The maximum Gasteiger partial charge on any atom is 0.161 e. The Bertz CT molecular complexity index is 1190. The number of rotatable bonds is 7. The molecule has 0 radical (unpaired) electrons. The summed E-state index contributed by atoms with van der Waals surface area (Å²) < 4.78 is 26.7. The molecule has 0 saturated carbocycles. The number of halogens is 1. The number of hydrogen-bond donors (Lipinski definition) is 2. The number of imidazole rings is 1. The number of nitrogens with one attached hydrogen (secondary N) is 2. The molecule has 2 N–H and O–H groups in total. The van der Waals surface area contributed by atoms with Crippen molar-refractivity contribution in [2.45, 2.75) is 64.0 Å². The molecule has 2 atom stereocenters. The average molecular weight is 495 g/mol. The summed E-state index contributed by atoms with van der Waals surface area (Å²) in [6, 6.07) is 10.7. The van der Waals surface area contributed by atoms with Gasteiger partial charge in [0.1, 0.15) is 11.3 Å². The molecule has 1 aromatic heterocycles. The van der Waals surface area contributed by atoms with E-state index in [1.165, 1.54) is 12.8 Å². The van der Waals surface area contributed by atoms with Crippen LogP contribution in [0.3, 0.4) is 0 Å². The Balaban J connectivity index is 1.41. The van der Waals surface area contributed by atoms with Crippen LogP contribution in [-0.4, -0.2) is 60.8 Å². The number of piperidine rings is 2. The number of H-pyrrole nitrogens is 1. The molecule has 194 valence electrons. The molecule has 2 aliphatic rings. The summed E-state index contributed by atoms with van der Waals surface area (Å²) in [6.07, 6.45) is 5.60. The van der Waals surface area contributed by atoms with Crippen LogP contribution in [0.15, 0.2) is 30.3 Å². The molecule has 0 spiro atoms. The standard InChI is InChI=1S/C29H39FN4O2/c1-18(2)15-22-16-19(11-14-34(22)21-9-12-31-13-10-21)23-6-7-24-28(27(23)30)33-29(32-24)20-5-8-25(35-3)26(17-20)36-4/h5-8,17-19,21-22,31H,9-16H2,1-4H3,(H,32,33)/t19?,22-/m1/s1. The number of aromatic amines is 1. The highest BCUT2D eigenvalue weighted by Crippen LogP contribution is 2.39. The van der Waals surface area contributed by atoms with Gasteiger partial charge in [-0.3, -0.25) is 4.90 Å². The number of aromatic nitrogens is 2. The van der Waals surface area contributed by atoms with Crippen molar-refractivity contribution in [2.75, 3.05) is 33.9 Å². The number of hydrogen-bond acceptors (Lipinski definition) is 5. The quantitative estimate of drug-likeness (QED) is 0.439. The second-order valence-corrected chi connectivity index (χ2v) is 10.7. The van der Waals surface area contributed by atoms with E-state index in [0.717, 1.165) is 50.0 Å². The van der Waals surface area contributed by atoms with Gasteiger partial charge in [0.15, 0.2) is 17.3 Å². The van der Waals surface area contributed by atoms with E-state index < -0.39 is 0 Å². The number of nitrogens with zero attached hydrogens (tertiary/aromatic N) is 2. The lowest BCUT2D eigenvalue weighted by molar-refractivity contribution is 0.0557. The molecule has 2 fully saturated rings. The molecular weight excluding hydrogens is 455 g/mol. The van der Waals surface area contributed by atoms with Gasteiger partial charge in [0.2, 0.25) is 0 Å². The fourth-order valence-corrected chi connectivity index (χ4v) is 6.24. The molecule has 1 unspecified atom stereocenters. The lowest BCUT2D eigenvalue weighted by Gasteiger charge is -2.46. The van der Waals surface area contributed by atoms with Crippen molar-refractivity contribution in [3.8, 4) is 22.9 Å². The molecule has 7 heteroatoms. The van der Waals surface area contributed by atoms with Gasteiger partial charge in [0, 0.05) is 17.6 Å². The molecule has 0 amide bonds. The fourth-order valence-electron chi connectivity index (χ4n) is 6.24. The average Bonchev–Trinajstić information content (AvgIpc) is 3.34. The van der Waals surface area contributed by atoms with Crippen molar-refractivity contribution in [3.05, 3.63) is 41.7 Å². The molecule has 3 heterocycles. The van der Waals surface area contributed by atoms with E-state index in [4.69, 9.17) is 9.47 Å². The molecule has 0 aliphatic carbocycles. The van der Waals surface area contributed by atoms with Crippen LogP contribution in [0.4, 0.5) is 4.39 Å². The summed E-state index contributed by atoms with van der Waals surface area (Å²) >= 11 is 0. The Labute approximate surface area is 213 Å². The lowest BCUT2D eigenvalue weighted by atomic mass is 9.81. The molecule has 2 aliphatic heterocycles. The second kappa shape index (κ2) is 10.8. The van der Waals surface area contributed by atoms with Crippen molar-refractivity contribution < 1.29 is 13.9 Å². The van der Waals surface area contributed by atoms with Crippen LogP contribution in [0.2, 0.25) is 0 Å². The minimum Gasteiger partial charge on any atom is -0.493 e. The maximum absolute atomic E-state index is 15.9. The highest BCUT2D eigenvalue weighted by Gasteiger charge is 2.35. The molecule has 5 rings (SSSR count). The Hall–Kier alpha value is -2.64. The van der Waals surface area contributed by atoms with Crippen LogP contribution in [0.1, 0.15) is 57.4 Å². The number of likely N-dealkylation sites (tertiary alicyclic amines) is 1. The van der Waals surface area contributed by atoms with Gasteiger partial charge in [0.05, 0.1) is 19.7 Å². The smallest absolute Gasteiger partial charge is 0.161 e. The Kier molecular flexibility index (Phi) is 7.49. The lowest BCUT2D eigenvalue weighted by Crippen LogP contribution is -2.51. The van der Waals surface area contributed by atoms with Gasteiger partial charge in [-0.25, -0.2) is 9.37 Å². The van der Waals surface area contributed by atoms with Crippen molar-refractivity contribution in [3.63, 3.8) is 0 Å². The third-order valence-electron chi connectivity index (χ3n) is 8.00. The topological polar surface area (TPSA) is 62.4 Å². The van der Waals surface area contributed by atoms with Crippen LogP contribution >= 0.6 is 0 Å². The first-order chi connectivity index (χ1) is 17.5. The molecule has 36 heavy (non-hydrogen) atoms. The molecular formula is C29H39FN4O2. The summed E-state index contributed by atoms with van der Waals surface area (Å²) in [6.45, 7) is 7.85. The van der Waals surface area contributed by atoms with Crippen molar-refractivity contribution >= 4 is 11.0 Å². The summed E-state index contributed by atoms with van der Waals surface area (Å²) in [4.78, 5) is 10.7. The Morgan fingerprint density at radius 2 is 1.83 bits per heavy atom. The summed E-state index contributed by atoms with van der Waals surface area (Å²) in [5.74, 6) is 2.56. The number of benzene rings is 2. The minimum absolute atomic E-state index is 0.181. The van der Waals surface area contributed by atoms with Gasteiger partial charge in [-0.2, -0.15) is 0 Å². The number of methoxy groups -OCH3 is 2. The highest BCUT2D eigenvalue weighted by atomic mass is 19.1. The summed E-state index contributed by atoms with van der Waals surface area (Å²) in [5, 5.41) is 3.49. The Morgan fingerprint density at radius 3 is 2.56 bits per heavy atom. The Morgan fingerprint density at radius 1 is 1.06 bits per heavy atom. The van der Waals surface area contributed by atoms with Crippen LogP contribution in [0, 0.1) is 11.7 Å². The van der Waals surface area contributed by atoms with Gasteiger partial charge in [-0.15, -0.1) is 0 Å². The third-order valence-corrected chi connectivity index (χ3v) is 8.00. The monoisotopic (exact) mass is 494 g/mol. The summed E-state index contributed by atoms with van der Waals surface area (Å²) in [7, 11) is 3.22. The van der Waals surface area contributed by atoms with Crippen LogP contribution in [0.25, 0.3) is 22.4 Å². The minimum atomic E-state index is -0.181. The van der Waals surface area contributed by atoms with E-state index >= 15 is 4.39 Å². The molecule has 2 saturated heterocycles. The van der Waals surface area contributed by atoms with Gasteiger partial charge in [0.25, 0.3) is 0 Å². The van der Waals surface area contributed by atoms with Crippen molar-refractivity contribution in [1.82, 2.24) is 20.2 Å². The van der Waals surface area contributed by atoms with Crippen molar-refractivity contribution in [2.24, 2.45) is 5.92 Å².